The smallest absolute Gasteiger partial charge is 0.338 e. The molecule has 1 aromatic rings. The molecule has 0 unspecified atom stereocenters. The van der Waals surface area contributed by atoms with Crippen molar-refractivity contribution in [1.29, 1.82) is 0 Å². The van der Waals surface area contributed by atoms with E-state index in [-0.39, 0.29) is 16.4 Å². The Morgan fingerprint density at radius 2 is 1.68 bits per heavy atom. The van der Waals surface area contributed by atoms with E-state index in [4.69, 9.17) is 4.74 Å². The molecule has 1 rings (SSSR count). The Morgan fingerprint density at radius 3 is 2.14 bits per heavy atom. The zero-order valence-corrected chi connectivity index (χ0v) is 13.9. The second-order valence-corrected chi connectivity index (χ2v) is 7.50. The standard InChI is InChI=1S/C15H21NO5S/c1-10(2)9-16-14(17)11(3)21-15(18)12-5-7-13(8-6-12)22(4,19)20/h5-8,10-11H,9H2,1-4H3,(H,16,17)/t11-/m1/s1. The first-order valence-electron chi connectivity index (χ1n) is 6.90. The van der Waals surface area contributed by atoms with Crippen LogP contribution < -0.4 is 5.32 Å². The fraction of sp³-hybridized carbons (Fsp3) is 0.467. The first-order valence-corrected chi connectivity index (χ1v) is 8.79. The van der Waals surface area contributed by atoms with Crippen molar-refractivity contribution < 1.29 is 22.7 Å². The van der Waals surface area contributed by atoms with Gasteiger partial charge in [0.05, 0.1) is 10.5 Å². The molecule has 0 saturated carbocycles. The van der Waals surface area contributed by atoms with E-state index in [1.807, 2.05) is 13.8 Å². The number of nitrogens with one attached hydrogen (secondary N) is 1. The van der Waals surface area contributed by atoms with Crippen molar-refractivity contribution in [2.45, 2.75) is 31.8 Å². The van der Waals surface area contributed by atoms with Gasteiger partial charge in [-0.2, -0.15) is 0 Å². The maximum Gasteiger partial charge on any atom is 0.338 e. The number of ether oxygens (including phenoxy) is 1. The van der Waals surface area contributed by atoms with Crippen molar-refractivity contribution in [1.82, 2.24) is 5.32 Å². The molecule has 0 saturated heterocycles. The summed E-state index contributed by atoms with van der Waals surface area (Å²) in [5.41, 5.74) is 0.191. The third-order valence-corrected chi connectivity index (χ3v) is 3.98. The van der Waals surface area contributed by atoms with Gasteiger partial charge in [0, 0.05) is 12.8 Å². The molecule has 0 fully saturated rings. The van der Waals surface area contributed by atoms with Crippen LogP contribution in [0.2, 0.25) is 0 Å². The Hall–Kier alpha value is -1.89. The molecule has 0 aliphatic carbocycles. The Labute approximate surface area is 130 Å². The summed E-state index contributed by atoms with van der Waals surface area (Å²) in [6, 6.07) is 5.37. The zero-order chi connectivity index (χ0) is 16.9. The van der Waals surface area contributed by atoms with Crippen LogP contribution in [0.25, 0.3) is 0 Å². The molecule has 1 atom stereocenters. The van der Waals surface area contributed by atoms with Crippen LogP contribution in [-0.2, 0) is 19.4 Å². The summed E-state index contributed by atoms with van der Waals surface area (Å²) < 4.78 is 27.7. The Balaban J connectivity index is 2.67. The number of esters is 1. The minimum atomic E-state index is -3.31. The van der Waals surface area contributed by atoms with Gasteiger partial charge in [-0.1, -0.05) is 13.8 Å². The Bertz CT molecular complexity index is 634. The number of hydrogen-bond donors (Lipinski definition) is 1. The highest BCUT2D eigenvalue weighted by atomic mass is 32.2. The van der Waals surface area contributed by atoms with E-state index in [1.165, 1.54) is 31.2 Å². The highest BCUT2D eigenvalue weighted by Crippen LogP contribution is 2.12. The van der Waals surface area contributed by atoms with E-state index < -0.39 is 21.9 Å². The zero-order valence-electron chi connectivity index (χ0n) is 13.1. The second-order valence-electron chi connectivity index (χ2n) is 5.48. The van der Waals surface area contributed by atoms with Crippen LogP contribution >= 0.6 is 0 Å². The average Bonchev–Trinajstić information content (AvgIpc) is 2.43. The summed E-state index contributed by atoms with van der Waals surface area (Å²) >= 11 is 0. The summed E-state index contributed by atoms with van der Waals surface area (Å²) in [7, 11) is -3.31. The summed E-state index contributed by atoms with van der Waals surface area (Å²) in [4.78, 5) is 23.8. The first-order chi connectivity index (χ1) is 10.1. The fourth-order valence-electron chi connectivity index (χ4n) is 1.57. The molecule has 0 aliphatic heterocycles. The number of carbonyl (C=O) groups excluding carboxylic acids is 2. The molecule has 0 bridgehead atoms. The average molecular weight is 327 g/mol. The van der Waals surface area contributed by atoms with Crippen LogP contribution in [0.3, 0.4) is 0 Å². The van der Waals surface area contributed by atoms with Gasteiger partial charge in [0.2, 0.25) is 0 Å². The van der Waals surface area contributed by atoms with E-state index >= 15 is 0 Å². The van der Waals surface area contributed by atoms with E-state index in [2.05, 4.69) is 5.32 Å². The van der Waals surface area contributed by atoms with E-state index in [9.17, 15) is 18.0 Å². The molecule has 122 valence electrons. The van der Waals surface area contributed by atoms with Gasteiger partial charge in [0.25, 0.3) is 5.91 Å². The molecule has 7 heteroatoms. The summed E-state index contributed by atoms with van der Waals surface area (Å²) in [5, 5.41) is 2.67. The molecule has 1 amide bonds. The second kappa shape index (κ2) is 7.40. The number of hydrogen-bond acceptors (Lipinski definition) is 5. The van der Waals surface area contributed by atoms with Crippen LogP contribution in [0.5, 0.6) is 0 Å². The highest BCUT2D eigenvalue weighted by Gasteiger charge is 2.19. The fourth-order valence-corrected chi connectivity index (χ4v) is 2.20. The molecular formula is C15H21NO5S. The van der Waals surface area contributed by atoms with Crippen LogP contribution in [0.15, 0.2) is 29.2 Å². The highest BCUT2D eigenvalue weighted by molar-refractivity contribution is 7.90. The van der Waals surface area contributed by atoms with Gasteiger partial charge in [-0.3, -0.25) is 4.79 Å². The molecule has 0 aliphatic rings. The number of carbonyl (C=O) groups is 2. The molecule has 22 heavy (non-hydrogen) atoms. The summed E-state index contributed by atoms with van der Waals surface area (Å²) in [6.07, 6.45) is 0.169. The lowest BCUT2D eigenvalue weighted by atomic mass is 10.2. The predicted molar refractivity (Wildman–Crippen MR) is 82.3 cm³/mol. The quantitative estimate of drug-likeness (QED) is 0.798. The Kier molecular flexibility index (Phi) is 6.11. The van der Waals surface area contributed by atoms with Crippen molar-refractivity contribution >= 4 is 21.7 Å². The molecule has 1 aromatic carbocycles. The van der Waals surface area contributed by atoms with Gasteiger partial charge in [0.15, 0.2) is 15.9 Å². The third-order valence-electron chi connectivity index (χ3n) is 2.86. The van der Waals surface area contributed by atoms with Crippen molar-refractivity contribution in [3.05, 3.63) is 29.8 Å². The number of rotatable bonds is 6. The largest absolute Gasteiger partial charge is 0.449 e. The molecule has 1 N–H and O–H groups in total. The van der Waals surface area contributed by atoms with Crippen molar-refractivity contribution in [3.8, 4) is 0 Å². The molecular weight excluding hydrogens is 306 g/mol. The maximum absolute atomic E-state index is 11.9. The number of amides is 1. The minimum Gasteiger partial charge on any atom is -0.449 e. The number of sulfone groups is 1. The van der Waals surface area contributed by atoms with Crippen LogP contribution in [-0.4, -0.2) is 39.2 Å². The van der Waals surface area contributed by atoms with Gasteiger partial charge >= 0.3 is 5.97 Å². The van der Waals surface area contributed by atoms with Crippen LogP contribution in [0, 0.1) is 5.92 Å². The van der Waals surface area contributed by atoms with Crippen molar-refractivity contribution in [2.24, 2.45) is 5.92 Å². The van der Waals surface area contributed by atoms with E-state index in [0.29, 0.717) is 12.5 Å². The van der Waals surface area contributed by atoms with Crippen molar-refractivity contribution in [2.75, 3.05) is 12.8 Å². The lowest BCUT2D eigenvalue weighted by molar-refractivity contribution is -0.129. The van der Waals surface area contributed by atoms with E-state index in [1.54, 1.807) is 0 Å². The van der Waals surface area contributed by atoms with Crippen molar-refractivity contribution in [3.63, 3.8) is 0 Å². The molecule has 0 aromatic heterocycles. The predicted octanol–water partition coefficient (Wildman–Crippen LogP) is 1.41. The van der Waals surface area contributed by atoms with Gasteiger partial charge < -0.3 is 10.1 Å². The van der Waals surface area contributed by atoms with Crippen LogP contribution in [0.1, 0.15) is 31.1 Å². The maximum atomic E-state index is 11.9. The summed E-state index contributed by atoms with van der Waals surface area (Å²) in [5.74, 6) is -0.738. The first kappa shape index (κ1) is 18.2. The molecule has 0 radical (unpaired) electrons. The van der Waals surface area contributed by atoms with Gasteiger partial charge in [0.1, 0.15) is 0 Å². The number of benzene rings is 1. The molecule has 6 nitrogen and oxygen atoms in total. The third kappa shape index (κ3) is 5.48. The van der Waals surface area contributed by atoms with Gasteiger partial charge in [-0.25, -0.2) is 13.2 Å². The minimum absolute atomic E-state index is 0.117. The van der Waals surface area contributed by atoms with Crippen LogP contribution in [0.4, 0.5) is 0 Å². The normalized spacial score (nSPS) is 12.8. The topological polar surface area (TPSA) is 89.5 Å². The lowest BCUT2D eigenvalue weighted by Crippen LogP contribution is -2.37. The molecule has 0 heterocycles. The SMILES string of the molecule is CC(C)CNC(=O)[C@@H](C)OC(=O)c1ccc(S(C)(=O)=O)cc1. The Morgan fingerprint density at radius 1 is 1.14 bits per heavy atom. The monoisotopic (exact) mass is 327 g/mol. The summed E-state index contributed by atoms with van der Waals surface area (Å²) in [6.45, 7) is 5.91. The van der Waals surface area contributed by atoms with E-state index in [0.717, 1.165) is 6.26 Å². The molecule has 0 spiro atoms. The lowest BCUT2D eigenvalue weighted by Gasteiger charge is -2.14. The van der Waals surface area contributed by atoms with Gasteiger partial charge in [-0.05, 0) is 37.1 Å². The van der Waals surface area contributed by atoms with Gasteiger partial charge in [-0.15, -0.1) is 0 Å².